The quantitative estimate of drug-likeness (QED) is 0.00889. The number of phosphoric ester groups is 1. The zero-order valence-electron chi connectivity index (χ0n) is 70.4. The number of aliphatic hydroxyl groups excluding tert-OH is 9. The van der Waals surface area contributed by atoms with Crippen molar-refractivity contribution < 1.29 is 122 Å². The minimum atomic E-state index is -5.80. The van der Waals surface area contributed by atoms with Crippen molar-refractivity contribution >= 4 is 31.7 Å². The van der Waals surface area contributed by atoms with Crippen LogP contribution >= 0.6 is 7.82 Å². The lowest BCUT2D eigenvalue weighted by atomic mass is 9.84. The molecule has 664 valence electrons. The number of phosphoric acid groups is 1. The molecule has 0 bridgehead atoms. The van der Waals surface area contributed by atoms with E-state index in [0.717, 1.165) is 122 Å². The van der Waals surface area contributed by atoms with Gasteiger partial charge < -0.3 is 88.7 Å². The number of carbonyl (C=O) groups excluding carboxylic acids is 4. The monoisotopic (exact) mass is 1640 g/mol. The van der Waals surface area contributed by atoms with Gasteiger partial charge in [-0.2, -0.15) is 0 Å². The molecule has 3 rings (SSSR count). The summed E-state index contributed by atoms with van der Waals surface area (Å²) < 4.78 is 73.3. The Bertz CT molecular complexity index is 2410. The van der Waals surface area contributed by atoms with Crippen molar-refractivity contribution in [3.05, 3.63) is 12.2 Å². The van der Waals surface area contributed by atoms with Gasteiger partial charge in [-0.3, -0.25) is 28.2 Å². The molecule has 1 saturated carbocycles. The van der Waals surface area contributed by atoms with Crippen LogP contribution in [0.5, 0.6) is 0 Å². The third kappa shape index (κ3) is 47.7. The Morgan fingerprint density at radius 3 is 1.06 bits per heavy atom. The lowest BCUT2D eigenvalue weighted by molar-refractivity contribution is -0.360. The van der Waals surface area contributed by atoms with Crippen LogP contribution in [0.2, 0.25) is 0 Å². The summed E-state index contributed by atoms with van der Waals surface area (Å²) in [5.41, 5.74) is 0. The Morgan fingerprint density at radius 1 is 0.345 bits per heavy atom. The van der Waals surface area contributed by atoms with Crippen LogP contribution < -0.4 is 0 Å². The summed E-state index contributed by atoms with van der Waals surface area (Å²) in [6.45, 7) is 5.57. The number of carbonyl (C=O) groups is 4. The summed E-state index contributed by atoms with van der Waals surface area (Å²) in [5.74, 6) is -2.97. The van der Waals surface area contributed by atoms with Gasteiger partial charge in [0.1, 0.15) is 92.6 Å². The van der Waals surface area contributed by atoms with Crippen LogP contribution in [0, 0.1) is 0 Å². The predicted octanol–water partition coefficient (Wildman–Crippen LogP) is 16.0. The fourth-order valence-electron chi connectivity index (χ4n) is 15.0. The molecule has 26 heteroatoms. The topological polar surface area (TPSA) is 380 Å². The molecular formula is C87H161O25P. The van der Waals surface area contributed by atoms with Gasteiger partial charge in [-0.1, -0.05) is 322 Å². The van der Waals surface area contributed by atoms with Crippen molar-refractivity contribution in [3.63, 3.8) is 0 Å². The number of ether oxygens (including phenoxy) is 8. The maximum atomic E-state index is 14.9. The molecular weight excluding hydrogens is 1480 g/mol. The number of aliphatic hydroxyl groups is 9. The summed E-state index contributed by atoms with van der Waals surface area (Å²) in [4.78, 5) is 66.3. The summed E-state index contributed by atoms with van der Waals surface area (Å²) in [7, 11) is -5.80. The van der Waals surface area contributed by atoms with Gasteiger partial charge in [0.15, 0.2) is 24.8 Å². The fourth-order valence-corrected chi connectivity index (χ4v) is 16.0. The second-order valence-corrected chi connectivity index (χ2v) is 33.9. The van der Waals surface area contributed by atoms with E-state index >= 15 is 0 Å². The zero-order valence-corrected chi connectivity index (χ0v) is 71.3. The molecule has 18 unspecified atom stereocenters. The third-order valence-electron chi connectivity index (χ3n) is 22.3. The molecule has 0 aromatic rings. The molecule has 0 aromatic carbocycles. The second-order valence-electron chi connectivity index (χ2n) is 32.5. The molecule has 0 aromatic heterocycles. The minimum absolute atomic E-state index is 0.00435. The molecule has 25 nitrogen and oxygen atoms in total. The van der Waals surface area contributed by atoms with Crippen molar-refractivity contribution in [2.75, 3.05) is 26.4 Å². The van der Waals surface area contributed by atoms with E-state index in [1.165, 1.54) is 173 Å². The minimum Gasteiger partial charge on any atom is -0.463 e. The van der Waals surface area contributed by atoms with E-state index in [-0.39, 0.29) is 25.7 Å². The molecule has 0 amide bonds. The van der Waals surface area contributed by atoms with Crippen molar-refractivity contribution in [1.82, 2.24) is 0 Å². The highest BCUT2D eigenvalue weighted by Crippen LogP contribution is 2.49. The van der Waals surface area contributed by atoms with E-state index in [0.29, 0.717) is 38.5 Å². The van der Waals surface area contributed by atoms with Gasteiger partial charge in [0.25, 0.3) is 0 Å². The lowest BCUT2D eigenvalue weighted by Crippen LogP contribution is -2.70. The van der Waals surface area contributed by atoms with E-state index in [1.807, 2.05) is 0 Å². The van der Waals surface area contributed by atoms with Crippen molar-refractivity contribution in [2.24, 2.45) is 0 Å². The Balaban J connectivity index is 1.93. The van der Waals surface area contributed by atoms with Gasteiger partial charge in [0.2, 0.25) is 0 Å². The van der Waals surface area contributed by atoms with Crippen molar-refractivity contribution in [2.45, 2.75) is 491 Å². The Kier molecular flexibility index (Phi) is 61.8. The van der Waals surface area contributed by atoms with Crippen LogP contribution in [0.4, 0.5) is 0 Å². The smallest absolute Gasteiger partial charge is 0.463 e. The maximum absolute atomic E-state index is 14.9. The number of allylic oxidation sites excluding steroid dienone is 2. The predicted molar refractivity (Wildman–Crippen MR) is 435 cm³/mol. The summed E-state index contributed by atoms with van der Waals surface area (Å²) in [6.07, 6.45) is 23.7. The van der Waals surface area contributed by atoms with Gasteiger partial charge in [-0.15, -0.1) is 0 Å². The van der Waals surface area contributed by atoms with Crippen LogP contribution in [-0.2, 0) is 70.7 Å². The molecule has 10 N–H and O–H groups in total. The Labute approximate surface area is 680 Å². The molecule has 0 spiro atoms. The Morgan fingerprint density at radius 2 is 0.664 bits per heavy atom. The van der Waals surface area contributed by atoms with E-state index in [2.05, 4.69) is 39.8 Å². The summed E-state index contributed by atoms with van der Waals surface area (Å²) in [5, 5.41) is 102. The molecule has 3 fully saturated rings. The number of hydrogen-bond acceptors (Lipinski definition) is 24. The van der Waals surface area contributed by atoms with Crippen LogP contribution in [-0.4, -0.2) is 205 Å². The first-order valence-electron chi connectivity index (χ1n) is 45.4. The van der Waals surface area contributed by atoms with Gasteiger partial charge in [-0.05, 0) is 51.4 Å². The highest BCUT2D eigenvalue weighted by atomic mass is 31.2. The molecule has 1 aliphatic carbocycles. The number of rotatable bonds is 73. The van der Waals surface area contributed by atoms with Gasteiger partial charge in [0.05, 0.1) is 13.2 Å². The molecule has 2 heterocycles. The molecule has 0 radical (unpaired) electrons. The van der Waals surface area contributed by atoms with E-state index < -0.39 is 162 Å². The highest BCUT2D eigenvalue weighted by Gasteiger charge is 2.60. The first kappa shape index (κ1) is 104. The average molecular weight is 1640 g/mol. The molecule has 18 atom stereocenters. The van der Waals surface area contributed by atoms with Crippen LogP contribution in [0.1, 0.15) is 387 Å². The lowest BCUT2D eigenvalue weighted by Gasteiger charge is -2.50. The maximum Gasteiger partial charge on any atom is 0.472 e. The zero-order chi connectivity index (χ0) is 82.5. The summed E-state index contributed by atoms with van der Waals surface area (Å²) in [6, 6.07) is 0. The highest BCUT2D eigenvalue weighted by molar-refractivity contribution is 7.47. The first-order valence-corrected chi connectivity index (χ1v) is 46.9. The normalized spacial score (nSPS) is 25.5. The van der Waals surface area contributed by atoms with E-state index in [4.69, 9.17) is 46.9 Å². The van der Waals surface area contributed by atoms with Crippen molar-refractivity contribution in [3.8, 4) is 0 Å². The largest absolute Gasteiger partial charge is 0.472 e. The first-order chi connectivity index (χ1) is 54.7. The SMILES string of the molecule is CCCCCCCC/C=C\CCCCCC(=O)OCC1OC(OC2C(OC(=O)CCCCCCCCCCCCCCC)C(O)C(O)C(OC3OC(CO)C(O)C(O)C3O)C2OP(=O)(O)OCC(COC(=O)CCCCCCCCCCCCCCC)OC(=O)CCCCCCCCCCCCCCCCC)C(O)C(O)C1O. The third-order valence-corrected chi connectivity index (χ3v) is 23.3. The van der Waals surface area contributed by atoms with E-state index in [1.54, 1.807) is 0 Å². The summed E-state index contributed by atoms with van der Waals surface area (Å²) >= 11 is 0. The Hall–Kier alpha value is -2.79. The molecule has 113 heavy (non-hydrogen) atoms. The average Bonchev–Trinajstić information content (AvgIpc) is 0.754. The van der Waals surface area contributed by atoms with Gasteiger partial charge >= 0.3 is 31.7 Å². The van der Waals surface area contributed by atoms with Crippen LogP contribution in [0.15, 0.2) is 12.2 Å². The van der Waals surface area contributed by atoms with Gasteiger partial charge in [-0.25, -0.2) is 4.57 Å². The van der Waals surface area contributed by atoms with Crippen LogP contribution in [0.25, 0.3) is 0 Å². The second kappa shape index (κ2) is 66.9. The molecule has 2 aliphatic heterocycles. The van der Waals surface area contributed by atoms with Gasteiger partial charge in [0, 0.05) is 25.7 Å². The number of unbranched alkanes of at least 4 members (excludes halogenated alkanes) is 47. The van der Waals surface area contributed by atoms with E-state index in [9.17, 15) is 74.6 Å². The fraction of sp³-hybridized carbons (Fsp3) is 0.931. The molecule has 2 saturated heterocycles. The van der Waals surface area contributed by atoms with Crippen LogP contribution in [0.3, 0.4) is 0 Å². The van der Waals surface area contributed by atoms with Crippen molar-refractivity contribution in [1.29, 1.82) is 0 Å². The number of esters is 4. The number of hydrogen-bond donors (Lipinski definition) is 10. The standard InChI is InChI=1S/C87H161O25P/c1-5-9-13-17-21-25-29-33-34-38-42-45-49-53-57-61-72(91)106-67(64-103-70(89)59-55-51-47-43-39-35-30-26-22-18-14-10-6-2)65-105-113(101,102)112-85-83(110-86-80(99)76(95)74(93)68(63-88)107-86)79(98)78(97)82(109-73(92)62-58-54-50-46-41-37-32-28-24-20-16-12-8-4)84(85)111-87-81(100)77(96)75(94)69(108-87)66-104-71(90)60-56-52-48-44-40-36-31-27-23-19-15-11-7-3/h36,40,67-69,74-88,93-100H,5-35,37-39,41-66H2,1-4H3,(H,101,102)/b40-36-. The molecule has 3 aliphatic rings.